The van der Waals surface area contributed by atoms with Crippen LogP contribution in [0.25, 0.3) is 0 Å². The Morgan fingerprint density at radius 1 is 0.833 bits per heavy atom. The van der Waals surface area contributed by atoms with Gasteiger partial charge in [0.2, 0.25) is 17.7 Å². The molecule has 0 fully saturated rings. The van der Waals surface area contributed by atoms with E-state index in [0.717, 1.165) is 6.42 Å². The molecule has 0 saturated heterocycles. The summed E-state index contributed by atoms with van der Waals surface area (Å²) in [6, 6.07) is 2.05. The summed E-state index contributed by atoms with van der Waals surface area (Å²) in [4.78, 5) is 50.5. The van der Waals surface area contributed by atoms with Gasteiger partial charge in [-0.3, -0.25) is 14.4 Å². The Balaban J connectivity index is 3.07. The molecule has 0 spiro atoms. The average molecular weight is 508 g/mol. The molecule has 202 valence electrons. The van der Waals surface area contributed by atoms with Crippen molar-refractivity contribution in [2.75, 3.05) is 6.54 Å². The minimum absolute atomic E-state index is 0.0413. The van der Waals surface area contributed by atoms with Crippen LogP contribution in [-0.2, 0) is 25.6 Å². The number of rotatable bonds is 15. The highest BCUT2D eigenvalue weighted by Crippen LogP contribution is 2.13. The van der Waals surface area contributed by atoms with E-state index in [-0.39, 0.29) is 24.0 Å². The number of aromatic hydroxyl groups is 1. The third-order valence-electron chi connectivity index (χ3n) is 5.79. The number of carboxylic acids is 1. The second-order valence-electron chi connectivity index (χ2n) is 9.62. The van der Waals surface area contributed by atoms with E-state index < -0.39 is 47.9 Å². The second-order valence-corrected chi connectivity index (χ2v) is 9.62. The molecule has 0 aromatic heterocycles. The van der Waals surface area contributed by atoms with E-state index in [2.05, 4.69) is 16.0 Å². The first-order valence-corrected chi connectivity index (χ1v) is 12.2. The number of hydrogen-bond donors (Lipinski definition) is 7. The van der Waals surface area contributed by atoms with Crippen LogP contribution in [0.3, 0.4) is 0 Å². The van der Waals surface area contributed by atoms with Crippen molar-refractivity contribution in [1.29, 1.82) is 0 Å². The van der Waals surface area contributed by atoms with E-state index in [1.165, 1.54) is 12.1 Å². The molecule has 36 heavy (non-hydrogen) atoms. The summed E-state index contributed by atoms with van der Waals surface area (Å²) >= 11 is 0. The van der Waals surface area contributed by atoms with Crippen molar-refractivity contribution >= 4 is 23.7 Å². The first kappa shape index (κ1) is 30.9. The number of aliphatic carboxylic acids is 1. The lowest BCUT2D eigenvalue weighted by Gasteiger charge is -2.27. The number of amides is 3. The number of nitrogens with two attached hydrogens (primary N) is 2. The summed E-state index contributed by atoms with van der Waals surface area (Å²) in [6.07, 6.45) is 1.88. The Kier molecular flexibility index (Phi) is 12.9. The van der Waals surface area contributed by atoms with Gasteiger partial charge in [-0.25, -0.2) is 4.79 Å². The van der Waals surface area contributed by atoms with E-state index in [4.69, 9.17) is 11.5 Å². The quantitative estimate of drug-likeness (QED) is 0.164. The fourth-order valence-corrected chi connectivity index (χ4v) is 3.54. The lowest BCUT2D eigenvalue weighted by atomic mass is 9.99. The van der Waals surface area contributed by atoms with E-state index in [0.29, 0.717) is 24.9 Å². The molecule has 0 radical (unpaired) electrons. The van der Waals surface area contributed by atoms with Crippen LogP contribution in [-0.4, -0.2) is 64.6 Å². The van der Waals surface area contributed by atoms with Gasteiger partial charge < -0.3 is 37.6 Å². The number of phenolic OH excluding ortho intramolecular Hbond substituents is 1. The third kappa shape index (κ3) is 10.2. The highest BCUT2D eigenvalue weighted by molar-refractivity contribution is 5.94. The lowest BCUT2D eigenvalue weighted by Crippen LogP contribution is -2.59. The maximum Gasteiger partial charge on any atom is 0.326 e. The van der Waals surface area contributed by atoms with E-state index in [1.807, 2.05) is 0 Å². The summed E-state index contributed by atoms with van der Waals surface area (Å²) in [5.41, 5.74) is 12.1. The molecule has 1 aromatic carbocycles. The Labute approximate surface area is 212 Å². The standard InChI is InChI=1S/C25H41N5O6/c1-14(2)20(29-22(32)18(27)7-5-6-12-26)24(34)28-19(13-16-8-10-17(31)11-9-16)23(33)30-21(15(3)4)25(35)36/h8-11,14-15,18-21,31H,5-7,12-13,26-27H2,1-4H3,(H,28,34)(H,29,32)(H,30,33)(H,35,36). The molecule has 11 heteroatoms. The number of benzene rings is 1. The van der Waals surface area contributed by atoms with Gasteiger partial charge in [0.25, 0.3) is 0 Å². The third-order valence-corrected chi connectivity index (χ3v) is 5.79. The number of hydrogen-bond acceptors (Lipinski definition) is 7. The lowest BCUT2D eigenvalue weighted by molar-refractivity contribution is -0.143. The fraction of sp³-hybridized carbons (Fsp3) is 0.600. The summed E-state index contributed by atoms with van der Waals surface area (Å²) in [6.45, 7) is 7.31. The van der Waals surface area contributed by atoms with Crippen molar-refractivity contribution in [3.63, 3.8) is 0 Å². The number of unbranched alkanes of at least 4 members (excludes halogenated alkanes) is 1. The van der Waals surface area contributed by atoms with Crippen LogP contribution < -0.4 is 27.4 Å². The van der Waals surface area contributed by atoms with Gasteiger partial charge in [0, 0.05) is 6.42 Å². The SMILES string of the molecule is CC(C)C(NC(=O)C(Cc1ccc(O)cc1)NC(=O)C(NC(=O)C(N)CCCCN)C(C)C)C(=O)O. The maximum absolute atomic E-state index is 13.2. The molecule has 4 atom stereocenters. The zero-order chi connectivity index (χ0) is 27.4. The maximum atomic E-state index is 13.2. The topological polar surface area (TPSA) is 197 Å². The van der Waals surface area contributed by atoms with Gasteiger partial charge in [-0.2, -0.15) is 0 Å². The van der Waals surface area contributed by atoms with Crippen LogP contribution in [0.4, 0.5) is 0 Å². The molecular formula is C25H41N5O6. The molecular weight excluding hydrogens is 466 g/mol. The number of carboxylic acid groups (broad SMARTS) is 1. The molecule has 1 rings (SSSR count). The van der Waals surface area contributed by atoms with Crippen LogP contribution >= 0.6 is 0 Å². The van der Waals surface area contributed by atoms with Crippen LogP contribution in [0.5, 0.6) is 5.75 Å². The highest BCUT2D eigenvalue weighted by atomic mass is 16.4. The van der Waals surface area contributed by atoms with Crippen LogP contribution in [0.2, 0.25) is 0 Å². The zero-order valence-electron chi connectivity index (χ0n) is 21.5. The molecule has 0 aliphatic carbocycles. The summed E-state index contributed by atoms with van der Waals surface area (Å²) in [5.74, 6) is -3.60. The highest BCUT2D eigenvalue weighted by Gasteiger charge is 2.32. The van der Waals surface area contributed by atoms with Crippen molar-refractivity contribution in [3.8, 4) is 5.75 Å². The normalized spacial score (nSPS) is 14.6. The molecule has 0 saturated carbocycles. The molecule has 11 nitrogen and oxygen atoms in total. The Hall–Kier alpha value is -3.18. The van der Waals surface area contributed by atoms with Gasteiger partial charge in [0.15, 0.2) is 0 Å². The summed E-state index contributed by atoms with van der Waals surface area (Å²) in [5, 5.41) is 26.8. The van der Waals surface area contributed by atoms with Gasteiger partial charge in [0.05, 0.1) is 6.04 Å². The molecule has 0 aliphatic heterocycles. The second kappa shape index (κ2) is 15.0. The molecule has 0 aliphatic rings. The summed E-state index contributed by atoms with van der Waals surface area (Å²) in [7, 11) is 0. The van der Waals surface area contributed by atoms with Crippen molar-refractivity contribution < 1.29 is 29.4 Å². The molecule has 0 heterocycles. The summed E-state index contributed by atoms with van der Waals surface area (Å²) < 4.78 is 0. The molecule has 3 amide bonds. The Morgan fingerprint density at radius 2 is 1.39 bits per heavy atom. The first-order valence-electron chi connectivity index (χ1n) is 12.2. The number of carbonyl (C=O) groups excluding carboxylic acids is 3. The molecule has 0 bridgehead atoms. The van der Waals surface area contributed by atoms with Gasteiger partial charge in [-0.15, -0.1) is 0 Å². The zero-order valence-corrected chi connectivity index (χ0v) is 21.5. The number of nitrogens with one attached hydrogen (secondary N) is 3. The Morgan fingerprint density at radius 3 is 1.89 bits per heavy atom. The van der Waals surface area contributed by atoms with Crippen molar-refractivity contribution in [3.05, 3.63) is 29.8 Å². The monoisotopic (exact) mass is 507 g/mol. The van der Waals surface area contributed by atoms with E-state index in [9.17, 15) is 29.4 Å². The minimum Gasteiger partial charge on any atom is -0.508 e. The van der Waals surface area contributed by atoms with Gasteiger partial charge in [-0.05, 0) is 48.9 Å². The van der Waals surface area contributed by atoms with Crippen LogP contribution in [0.15, 0.2) is 24.3 Å². The molecule has 1 aromatic rings. The van der Waals surface area contributed by atoms with Gasteiger partial charge in [-0.1, -0.05) is 46.2 Å². The van der Waals surface area contributed by atoms with Crippen LogP contribution in [0, 0.1) is 11.8 Å². The predicted octanol–water partition coefficient (Wildman–Crippen LogP) is 0.242. The van der Waals surface area contributed by atoms with Crippen molar-refractivity contribution in [2.24, 2.45) is 23.3 Å². The van der Waals surface area contributed by atoms with Crippen LogP contribution in [0.1, 0.15) is 52.5 Å². The smallest absolute Gasteiger partial charge is 0.326 e. The predicted molar refractivity (Wildman–Crippen MR) is 136 cm³/mol. The van der Waals surface area contributed by atoms with E-state index in [1.54, 1.807) is 39.8 Å². The van der Waals surface area contributed by atoms with Crippen molar-refractivity contribution in [1.82, 2.24) is 16.0 Å². The first-order chi connectivity index (χ1) is 16.9. The molecule has 9 N–H and O–H groups in total. The average Bonchev–Trinajstić information content (AvgIpc) is 2.80. The number of carbonyl (C=O) groups is 4. The van der Waals surface area contributed by atoms with Gasteiger partial charge >= 0.3 is 5.97 Å². The van der Waals surface area contributed by atoms with Crippen molar-refractivity contribution in [2.45, 2.75) is 77.5 Å². The number of phenols is 1. The van der Waals surface area contributed by atoms with E-state index >= 15 is 0 Å². The molecule has 4 unspecified atom stereocenters. The fourth-order valence-electron chi connectivity index (χ4n) is 3.54. The Bertz CT molecular complexity index is 874. The van der Waals surface area contributed by atoms with Gasteiger partial charge in [0.1, 0.15) is 23.9 Å². The largest absolute Gasteiger partial charge is 0.508 e. The minimum atomic E-state index is -1.19.